The molecule has 0 unspecified atom stereocenters. The molecule has 0 aliphatic carbocycles. The summed E-state index contributed by atoms with van der Waals surface area (Å²) >= 11 is 5.51. The van der Waals surface area contributed by atoms with E-state index in [1.807, 2.05) is 12.3 Å². The second-order valence-electron chi connectivity index (χ2n) is 6.15. The van der Waals surface area contributed by atoms with Crippen LogP contribution in [0, 0.1) is 0 Å². The van der Waals surface area contributed by atoms with Gasteiger partial charge in [-0.3, -0.25) is 10.4 Å². The Morgan fingerprint density at radius 3 is 2.57 bits per heavy atom. The summed E-state index contributed by atoms with van der Waals surface area (Å²) in [7, 11) is 0. The number of rotatable bonds is 3. The van der Waals surface area contributed by atoms with Gasteiger partial charge >= 0.3 is 0 Å². The minimum Gasteiger partial charge on any atom is -0.348 e. The van der Waals surface area contributed by atoms with E-state index >= 15 is 0 Å². The number of nitrogens with one attached hydrogen (secondary N) is 2. The fourth-order valence-electron chi connectivity index (χ4n) is 2.93. The Morgan fingerprint density at radius 2 is 1.83 bits per heavy atom. The highest BCUT2D eigenvalue weighted by atomic mass is 32.1. The number of fused-ring (bicyclic) bond motifs is 1. The Morgan fingerprint density at radius 1 is 1.13 bits per heavy atom. The van der Waals surface area contributed by atoms with Crippen molar-refractivity contribution in [3.8, 4) is 0 Å². The van der Waals surface area contributed by atoms with Gasteiger partial charge in [0, 0.05) is 24.7 Å². The maximum absolute atomic E-state index is 5.51. The largest absolute Gasteiger partial charge is 0.348 e. The molecule has 23 heavy (non-hydrogen) atoms. The van der Waals surface area contributed by atoms with Crippen molar-refractivity contribution in [2.45, 2.75) is 38.6 Å². The van der Waals surface area contributed by atoms with Crippen LogP contribution >= 0.6 is 12.2 Å². The third kappa shape index (κ3) is 4.18. The predicted molar refractivity (Wildman–Crippen MR) is 99.1 cm³/mol. The number of benzene rings is 1. The van der Waals surface area contributed by atoms with Gasteiger partial charge in [0.1, 0.15) is 0 Å². The highest BCUT2D eigenvalue weighted by molar-refractivity contribution is 7.80. The molecule has 2 aromatic rings. The first kappa shape index (κ1) is 16.1. The molecule has 0 bridgehead atoms. The molecule has 1 atom stereocenters. The van der Waals surface area contributed by atoms with Crippen LogP contribution in [-0.2, 0) is 0 Å². The first-order chi connectivity index (χ1) is 11.2. The second-order valence-corrected chi connectivity index (χ2v) is 6.54. The molecule has 1 aromatic heterocycles. The summed E-state index contributed by atoms with van der Waals surface area (Å²) in [4.78, 5) is 6.81. The standard InChI is InChI=1S/C18H24N4S/c1-14(17-12-15-8-4-5-9-16(15)13-19-17)20-21-18(23)22-10-6-2-3-7-11-22/h4-5,8-9,12-14,20H,2-3,6-7,10-11H2,1H3,(H,21,23)/t14-/m1/s1. The number of pyridine rings is 1. The Bertz CT molecular complexity index is 665. The first-order valence-electron chi connectivity index (χ1n) is 8.39. The molecular weight excluding hydrogens is 304 g/mol. The summed E-state index contributed by atoms with van der Waals surface area (Å²) in [6, 6.07) is 10.5. The molecular formula is C18H24N4S. The monoisotopic (exact) mass is 328 g/mol. The van der Waals surface area contributed by atoms with Crippen molar-refractivity contribution >= 4 is 28.1 Å². The van der Waals surface area contributed by atoms with Crippen molar-refractivity contribution in [3.05, 3.63) is 42.2 Å². The number of hydrazine groups is 1. The maximum atomic E-state index is 5.51. The molecule has 1 saturated heterocycles. The molecule has 122 valence electrons. The lowest BCUT2D eigenvalue weighted by Gasteiger charge is -2.25. The van der Waals surface area contributed by atoms with Gasteiger partial charge in [0.2, 0.25) is 0 Å². The Kier molecular flexibility index (Phi) is 5.41. The van der Waals surface area contributed by atoms with Gasteiger partial charge in [-0.1, -0.05) is 37.1 Å². The Labute approximate surface area is 143 Å². The van der Waals surface area contributed by atoms with E-state index in [2.05, 4.69) is 51.9 Å². The Balaban J connectivity index is 1.59. The minimum atomic E-state index is 0.0875. The second kappa shape index (κ2) is 7.70. The fourth-order valence-corrected chi connectivity index (χ4v) is 3.18. The van der Waals surface area contributed by atoms with Gasteiger partial charge in [-0.15, -0.1) is 0 Å². The zero-order chi connectivity index (χ0) is 16.1. The quantitative estimate of drug-likeness (QED) is 0.666. The molecule has 0 amide bonds. The van der Waals surface area contributed by atoms with Gasteiger partial charge in [0.25, 0.3) is 0 Å². The van der Waals surface area contributed by atoms with Gasteiger partial charge in [-0.2, -0.15) is 0 Å². The van der Waals surface area contributed by atoms with E-state index in [0.717, 1.165) is 29.3 Å². The van der Waals surface area contributed by atoms with Gasteiger partial charge < -0.3 is 4.90 Å². The van der Waals surface area contributed by atoms with Crippen LogP contribution < -0.4 is 10.9 Å². The van der Waals surface area contributed by atoms with Crippen molar-refractivity contribution in [2.75, 3.05) is 13.1 Å². The summed E-state index contributed by atoms with van der Waals surface area (Å²) in [6.45, 7) is 4.20. The SMILES string of the molecule is C[C@@H](NNC(=S)N1CCCCCC1)c1cc2ccccc2cn1. The van der Waals surface area contributed by atoms with Crippen LogP contribution in [0.5, 0.6) is 0 Å². The number of thiocarbonyl (C=S) groups is 1. The summed E-state index contributed by atoms with van der Waals surface area (Å²) in [5.74, 6) is 0. The molecule has 1 fully saturated rings. The number of likely N-dealkylation sites (tertiary alicyclic amines) is 1. The van der Waals surface area contributed by atoms with Crippen LogP contribution in [0.25, 0.3) is 10.8 Å². The topological polar surface area (TPSA) is 40.2 Å². The zero-order valence-corrected chi connectivity index (χ0v) is 14.4. The van der Waals surface area contributed by atoms with E-state index in [0.29, 0.717) is 0 Å². The molecule has 4 nitrogen and oxygen atoms in total. The van der Waals surface area contributed by atoms with Crippen LogP contribution in [0.1, 0.15) is 44.3 Å². The first-order valence-corrected chi connectivity index (χ1v) is 8.80. The fraction of sp³-hybridized carbons (Fsp3) is 0.444. The van der Waals surface area contributed by atoms with E-state index in [9.17, 15) is 0 Å². The molecule has 1 aliphatic heterocycles. The predicted octanol–water partition coefficient (Wildman–Crippen LogP) is 3.55. The molecule has 0 spiro atoms. The number of hydrogen-bond donors (Lipinski definition) is 2. The molecule has 1 aromatic carbocycles. The van der Waals surface area contributed by atoms with Crippen molar-refractivity contribution in [1.82, 2.24) is 20.7 Å². The third-order valence-corrected chi connectivity index (χ3v) is 4.74. The third-order valence-electron chi connectivity index (χ3n) is 4.38. The van der Waals surface area contributed by atoms with E-state index in [4.69, 9.17) is 12.2 Å². The molecule has 5 heteroatoms. The number of nitrogens with zero attached hydrogens (tertiary/aromatic N) is 2. The maximum Gasteiger partial charge on any atom is 0.183 e. The van der Waals surface area contributed by atoms with Crippen LogP contribution in [0.15, 0.2) is 36.5 Å². The lowest BCUT2D eigenvalue weighted by atomic mass is 10.1. The molecule has 0 saturated carbocycles. The van der Waals surface area contributed by atoms with Crippen molar-refractivity contribution in [3.63, 3.8) is 0 Å². The van der Waals surface area contributed by atoms with Crippen molar-refractivity contribution < 1.29 is 0 Å². The van der Waals surface area contributed by atoms with Crippen LogP contribution in [0.2, 0.25) is 0 Å². The number of aromatic nitrogens is 1. The molecule has 1 aliphatic rings. The average molecular weight is 328 g/mol. The highest BCUT2D eigenvalue weighted by Gasteiger charge is 2.13. The molecule has 3 rings (SSSR count). The summed E-state index contributed by atoms with van der Waals surface area (Å²) in [5, 5.41) is 3.16. The summed E-state index contributed by atoms with van der Waals surface area (Å²) in [5.41, 5.74) is 7.49. The zero-order valence-electron chi connectivity index (χ0n) is 13.6. The van der Waals surface area contributed by atoms with Crippen LogP contribution in [-0.4, -0.2) is 28.1 Å². The minimum absolute atomic E-state index is 0.0875. The van der Waals surface area contributed by atoms with Crippen LogP contribution in [0.4, 0.5) is 0 Å². The van der Waals surface area contributed by atoms with Crippen molar-refractivity contribution in [1.29, 1.82) is 0 Å². The van der Waals surface area contributed by atoms with Gasteiger partial charge in [0.15, 0.2) is 5.11 Å². The average Bonchev–Trinajstić information content (AvgIpc) is 2.88. The Hall–Kier alpha value is -1.72. The smallest absolute Gasteiger partial charge is 0.183 e. The number of hydrogen-bond acceptors (Lipinski definition) is 3. The summed E-state index contributed by atoms with van der Waals surface area (Å²) in [6.07, 6.45) is 7.00. The summed E-state index contributed by atoms with van der Waals surface area (Å²) < 4.78 is 0. The van der Waals surface area contributed by atoms with E-state index < -0.39 is 0 Å². The normalized spacial score (nSPS) is 16.8. The highest BCUT2D eigenvalue weighted by Crippen LogP contribution is 2.17. The van der Waals surface area contributed by atoms with E-state index in [1.54, 1.807) is 0 Å². The van der Waals surface area contributed by atoms with E-state index in [-0.39, 0.29) is 6.04 Å². The molecule has 2 N–H and O–H groups in total. The lowest BCUT2D eigenvalue weighted by molar-refractivity contribution is 0.407. The molecule has 0 radical (unpaired) electrons. The van der Waals surface area contributed by atoms with Gasteiger partial charge in [-0.05, 0) is 43.4 Å². The molecule has 2 heterocycles. The van der Waals surface area contributed by atoms with E-state index in [1.165, 1.54) is 31.1 Å². The van der Waals surface area contributed by atoms with Crippen molar-refractivity contribution in [2.24, 2.45) is 0 Å². The van der Waals surface area contributed by atoms with Crippen LogP contribution in [0.3, 0.4) is 0 Å². The van der Waals surface area contributed by atoms with Gasteiger partial charge in [-0.25, -0.2) is 5.43 Å². The lowest BCUT2D eigenvalue weighted by Crippen LogP contribution is -2.47. The van der Waals surface area contributed by atoms with Gasteiger partial charge in [0.05, 0.1) is 11.7 Å².